The van der Waals surface area contributed by atoms with Crippen molar-refractivity contribution >= 4 is 68.8 Å². The van der Waals surface area contributed by atoms with Crippen molar-refractivity contribution in [2.45, 2.75) is 25.3 Å². The number of hydrogen-bond donors (Lipinski definition) is 3. The van der Waals surface area contributed by atoms with Crippen LogP contribution in [0.4, 0.5) is 5.69 Å². The number of ketones is 1. The summed E-state index contributed by atoms with van der Waals surface area (Å²) in [5.41, 5.74) is 12.5. The van der Waals surface area contributed by atoms with Gasteiger partial charge in [-0.05, 0) is 37.6 Å². The van der Waals surface area contributed by atoms with Gasteiger partial charge in [0.1, 0.15) is 0 Å². The molecular formula is C22H29Br2ClN4O3. The van der Waals surface area contributed by atoms with Crippen molar-refractivity contribution in [2.75, 3.05) is 25.0 Å². The Morgan fingerprint density at radius 3 is 2.34 bits per heavy atom. The molecule has 176 valence electrons. The molecule has 0 heterocycles. The lowest BCUT2D eigenvalue weighted by molar-refractivity contribution is -0.125. The van der Waals surface area contributed by atoms with Crippen LogP contribution in [0.3, 0.4) is 0 Å². The first-order valence-corrected chi connectivity index (χ1v) is 10.1. The number of carbonyl (C=O) groups excluding carboxylic acids is 3. The van der Waals surface area contributed by atoms with Crippen LogP contribution >= 0.6 is 45.6 Å². The molecule has 0 fully saturated rings. The Hall–Kier alpha value is -1.78. The monoisotopic (exact) mass is 590 g/mol. The Morgan fingerprint density at radius 1 is 1.06 bits per heavy atom. The average molecular weight is 593 g/mol. The van der Waals surface area contributed by atoms with Gasteiger partial charge in [0.05, 0.1) is 18.3 Å². The van der Waals surface area contributed by atoms with E-state index in [4.69, 9.17) is 23.1 Å². The van der Waals surface area contributed by atoms with Gasteiger partial charge in [-0.15, -0.1) is 34.0 Å². The molecule has 0 saturated carbocycles. The van der Waals surface area contributed by atoms with Crippen LogP contribution in [0.5, 0.6) is 0 Å². The number of likely N-dealkylation sites (N-methyl/N-ethyl adjacent to an activating group) is 1. The van der Waals surface area contributed by atoms with Crippen molar-refractivity contribution in [3.05, 3.63) is 64.7 Å². The highest BCUT2D eigenvalue weighted by Gasteiger charge is 2.21. The topological polar surface area (TPSA) is 119 Å². The van der Waals surface area contributed by atoms with E-state index in [0.717, 1.165) is 12.8 Å². The average Bonchev–Trinajstić information content (AvgIpc) is 2.76. The second-order valence-electron chi connectivity index (χ2n) is 6.92. The van der Waals surface area contributed by atoms with Crippen molar-refractivity contribution in [3.63, 3.8) is 0 Å². The van der Waals surface area contributed by atoms with Gasteiger partial charge in [0, 0.05) is 23.2 Å². The Bertz CT molecular complexity index is 900. The van der Waals surface area contributed by atoms with Crippen molar-refractivity contribution in [2.24, 2.45) is 11.5 Å². The standard InChI is InChI=1S/C22H27ClN4O3.2BrH/c1-27(20(28)14-26-22(30)18(25)9-5-6-12-24)19-11-10-16(23)13-17(19)21(29)15-7-3-2-4-8-15;;/h2-4,7-8,10-11,13,18H,5-6,9,12,14,24-25H2,1H3,(H,26,30);2*1H. The molecule has 5 N–H and O–H groups in total. The first-order valence-electron chi connectivity index (χ1n) is 9.74. The van der Waals surface area contributed by atoms with E-state index in [2.05, 4.69) is 5.32 Å². The van der Waals surface area contributed by atoms with Gasteiger partial charge < -0.3 is 21.7 Å². The highest BCUT2D eigenvalue weighted by Crippen LogP contribution is 2.26. The minimum atomic E-state index is -0.694. The Balaban J connectivity index is 0.00000480. The van der Waals surface area contributed by atoms with E-state index in [1.807, 2.05) is 6.07 Å². The molecule has 0 aliphatic heterocycles. The molecule has 0 radical (unpaired) electrons. The van der Waals surface area contributed by atoms with E-state index >= 15 is 0 Å². The molecule has 7 nitrogen and oxygen atoms in total. The van der Waals surface area contributed by atoms with Crippen LogP contribution in [0.2, 0.25) is 5.02 Å². The SMILES string of the molecule is Br.Br.CN(C(=O)CNC(=O)C(N)CCCCN)c1ccc(Cl)cc1C(=O)c1ccccc1. The number of rotatable bonds is 10. The lowest BCUT2D eigenvalue weighted by Gasteiger charge is -2.21. The smallest absolute Gasteiger partial charge is 0.246 e. The zero-order valence-corrected chi connectivity index (χ0v) is 21.9. The summed E-state index contributed by atoms with van der Waals surface area (Å²) < 4.78 is 0. The number of unbranched alkanes of at least 4 members (excludes halogenated alkanes) is 1. The molecule has 2 aromatic carbocycles. The molecule has 10 heteroatoms. The summed E-state index contributed by atoms with van der Waals surface area (Å²) in [4.78, 5) is 39.0. The minimum Gasteiger partial charge on any atom is -0.346 e. The second-order valence-corrected chi connectivity index (χ2v) is 7.35. The Kier molecular flexibility index (Phi) is 14.3. The fourth-order valence-corrected chi connectivity index (χ4v) is 3.09. The van der Waals surface area contributed by atoms with Gasteiger partial charge in [-0.1, -0.05) is 48.4 Å². The summed E-state index contributed by atoms with van der Waals surface area (Å²) in [6, 6.07) is 12.8. The van der Waals surface area contributed by atoms with Gasteiger partial charge in [-0.3, -0.25) is 14.4 Å². The molecule has 0 spiro atoms. The lowest BCUT2D eigenvalue weighted by atomic mass is 10.0. The summed E-state index contributed by atoms with van der Waals surface area (Å²) >= 11 is 6.09. The number of halogens is 3. The third kappa shape index (κ3) is 8.63. The molecule has 1 unspecified atom stereocenters. The van der Waals surface area contributed by atoms with E-state index in [9.17, 15) is 14.4 Å². The zero-order valence-electron chi connectivity index (χ0n) is 17.8. The van der Waals surface area contributed by atoms with Crippen molar-refractivity contribution in [1.29, 1.82) is 0 Å². The van der Waals surface area contributed by atoms with Gasteiger partial charge in [-0.2, -0.15) is 0 Å². The first-order chi connectivity index (χ1) is 14.3. The maximum atomic E-state index is 12.9. The van der Waals surface area contributed by atoms with Gasteiger partial charge >= 0.3 is 0 Å². The van der Waals surface area contributed by atoms with Gasteiger partial charge in [0.15, 0.2) is 5.78 Å². The predicted octanol–water partition coefficient (Wildman–Crippen LogP) is 3.26. The molecule has 0 bridgehead atoms. The van der Waals surface area contributed by atoms with Crippen LogP contribution in [0.1, 0.15) is 35.2 Å². The van der Waals surface area contributed by atoms with Crippen LogP contribution in [0, 0.1) is 0 Å². The third-order valence-corrected chi connectivity index (χ3v) is 4.93. The maximum absolute atomic E-state index is 12.9. The van der Waals surface area contributed by atoms with Crippen molar-refractivity contribution in [3.8, 4) is 0 Å². The lowest BCUT2D eigenvalue weighted by Crippen LogP contribution is -2.45. The Labute approximate surface area is 214 Å². The highest BCUT2D eigenvalue weighted by atomic mass is 79.9. The van der Waals surface area contributed by atoms with E-state index in [1.54, 1.807) is 43.4 Å². The van der Waals surface area contributed by atoms with Crippen LogP contribution < -0.4 is 21.7 Å². The molecular weight excluding hydrogens is 564 g/mol. The fraction of sp³-hybridized carbons (Fsp3) is 0.318. The first kappa shape index (κ1) is 30.2. The number of hydrogen-bond acceptors (Lipinski definition) is 5. The summed E-state index contributed by atoms with van der Waals surface area (Å²) in [5.74, 6) is -1.04. The molecule has 2 amide bonds. The normalized spacial score (nSPS) is 10.9. The molecule has 32 heavy (non-hydrogen) atoms. The number of amides is 2. The van der Waals surface area contributed by atoms with Gasteiger partial charge in [0.25, 0.3) is 0 Å². The number of carbonyl (C=O) groups is 3. The third-order valence-electron chi connectivity index (χ3n) is 4.69. The number of benzene rings is 2. The predicted molar refractivity (Wildman–Crippen MR) is 139 cm³/mol. The summed E-state index contributed by atoms with van der Waals surface area (Å²) in [6.07, 6.45) is 2.03. The van der Waals surface area contributed by atoms with E-state index in [-0.39, 0.29) is 52.2 Å². The zero-order chi connectivity index (χ0) is 22.1. The van der Waals surface area contributed by atoms with Gasteiger partial charge in [0.2, 0.25) is 11.8 Å². The fourth-order valence-electron chi connectivity index (χ4n) is 2.91. The maximum Gasteiger partial charge on any atom is 0.246 e. The molecule has 0 aliphatic carbocycles. The van der Waals surface area contributed by atoms with Crippen LogP contribution in [0.25, 0.3) is 0 Å². The molecule has 1 atom stereocenters. The number of nitrogens with zero attached hydrogens (tertiary/aromatic N) is 1. The molecule has 0 saturated heterocycles. The molecule has 0 aliphatic rings. The number of nitrogens with two attached hydrogens (primary N) is 2. The van der Waals surface area contributed by atoms with Crippen molar-refractivity contribution < 1.29 is 14.4 Å². The van der Waals surface area contributed by atoms with Crippen LogP contribution in [0.15, 0.2) is 48.5 Å². The number of anilines is 1. The van der Waals surface area contributed by atoms with Gasteiger partial charge in [-0.25, -0.2) is 0 Å². The highest BCUT2D eigenvalue weighted by molar-refractivity contribution is 8.93. The van der Waals surface area contributed by atoms with E-state index in [0.29, 0.717) is 34.8 Å². The molecule has 0 aromatic heterocycles. The second kappa shape index (κ2) is 15.1. The minimum absolute atomic E-state index is 0. The molecule has 2 rings (SSSR count). The van der Waals surface area contributed by atoms with E-state index < -0.39 is 11.9 Å². The molecule has 2 aromatic rings. The quantitative estimate of drug-likeness (QED) is 0.289. The van der Waals surface area contributed by atoms with Crippen LogP contribution in [-0.2, 0) is 9.59 Å². The summed E-state index contributed by atoms with van der Waals surface area (Å²) in [5, 5.41) is 2.94. The summed E-state index contributed by atoms with van der Waals surface area (Å²) in [6.45, 7) is 0.310. The van der Waals surface area contributed by atoms with Crippen molar-refractivity contribution in [1.82, 2.24) is 5.32 Å². The number of nitrogens with one attached hydrogen (secondary N) is 1. The van der Waals surface area contributed by atoms with Crippen LogP contribution in [-0.4, -0.2) is 43.8 Å². The van der Waals surface area contributed by atoms with E-state index in [1.165, 1.54) is 11.0 Å². The Morgan fingerprint density at radius 2 is 1.72 bits per heavy atom. The summed E-state index contributed by atoms with van der Waals surface area (Å²) in [7, 11) is 1.54. The largest absolute Gasteiger partial charge is 0.346 e.